The number of rotatable bonds is 3. The molecule has 0 saturated heterocycles. The summed E-state index contributed by atoms with van der Waals surface area (Å²) in [5, 5.41) is 9.46. The van der Waals surface area contributed by atoms with Crippen molar-refractivity contribution in [3.8, 4) is 5.75 Å². The average Bonchev–Trinajstić information content (AvgIpc) is 2.28. The van der Waals surface area contributed by atoms with E-state index in [4.69, 9.17) is 4.74 Å². The third-order valence-electron chi connectivity index (χ3n) is 3.56. The Kier molecular flexibility index (Phi) is 3.60. The van der Waals surface area contributed by atoms with E-state index in [9.17, 15) is 9.90 Å². The van der Waals surface area contributed by atoms with Crippen LogP contribution >= 0.6 is 0 Å². The van der Waals surface area contributed by atoms with Crippen molar-refractivity contribution in [2.75, 3.05) is 0 Å². The quantitative estimate of drug-likeness (QED) is 0.891. The van der Waals surface area contributed by atoms with Gasteiger partial charge in [-0.05, 0) is 62.8 Å². The molecule has 1 N–H and O–H groups in total. The monoisotopic (exact) mass is 248 g/mol. The Morgan fingerprint density at radius 1 is 1.11 bits per heavy atom. The lowest BCUT2D eigenvalue weighted by molar-refractivity contribution is -0.158. The maximum atomic E-state index is 11.5. The van der Waals surface area contributed by atoms with Crippen molar-refractivity contribution < 1.29 is 14.6 Å². The van der Waals surface area contributed by atoms with Crippen LogP contribution in [0.4, 0.5) is 0 Å². The van der Waals surface area contributed by atoms with Gasteiger partial charge in [0.15, 0.2) is 0 Å². The summed E-state index contributed by atoms with van der Waals surface area (Å²) in [6, 6.07) is 5.87. The number of benzene rings is 1. The van der Waals surface area contributed by atoms with E-state index in [0.717, 1.165) is 30.4 Å². The van der Waals surface area contributed by atoms with Crippen LogP contribution in [0.1, 0.15) is 43.2 Å². The van der Waals surface area contributed by atoms with Gasteiger partial charge in [0.05, 0.1) is 0 Å². The number of aryl methyl sites for hydroxylation is 2. The highest BCUT2D eigenvalue weighted by Gasteiger charge is 2.42. The molecule has 1 aliphatic carbocycles. The van der Waals surface area contributed by atoms with Crippen molar-refractivity contribution in [3.63, 3.8) is 0 Å². The molecule has 1 saturated carbocycles. The summed E-state index contributed by atoms with van der Waals surface area (Å²) in [4.78, 5) is 11.5. The first-order valence-corrected chi connectivity index (χ1v) is 6.53. The summed E-state index contributed by atoms with van der Waals surface area (Å²) in [6.07, 6.45) is 4.17. The second-order valence-electron chi connectivity index (χ2n) is 5.29. The summed E-state index contributed by atoms with van der Waals surface area (Å²) >= 11 is 0. The summed E-state index contributed by atoms with van der Waals surface area (Å²) in [5.41, 5.74) is 1.18. The standard InChI is InChI=1S/C15H20O3/c1-11-8-12(2)10-13(9-11)18-15(14(16)17)6-4-3-5-7-15/h8-10H,3-7H2,1-2H3,(H,16,17). The minimum Gasteiger partial charge on any atom is -0.478 e. The zero-order valence-electron chi connectivity index (χ0n) is 11.0. The molecular formula is C15H20O3. The summed E-state index contributed by atoms with van der Waals surface area (Å²) in [5.74, 6) is -0.154. The lowest BCUT2D eigenvalue weighted by Crippen LogP contribution is -2.46. The predicted octanol–water partition coefficient (Wildman–Crippen LogP) is 3.47. The van der Waals surface area contributed by atoms with Gasteiger partial charge in [0.1, 0.15) is 5.75 Å². The first kappa shape index (κ1) is 12.9. The van der Waals surface area contributed by atoms with E-state index in [1.165, 1.54) is 0 Å². The fraction of sp³-hybridized carbons (Fsp3) is 0.533. The molecule has 0 aromatic heterocycles. The Balaban J connectivity index is 2.25. The van der Waals surface area contributed by atoms with Gasteiger partial charge in [-0.3, -0.25) is 0 Å². The summed E-state index contributed by atoms with van der Waals surface area (Å²) < 4.78 is 5.87. The molecular weight excluding hydrogens is 228 g/mol. The Bertz CT molecular complexity index is 425. The fourth-order valence-corrected chi connectivity index (χ4v) is 2.70. The second-order valence-corrected chi connectivity index (χ2v) is 5.29. The number of hydrogen-bond acceptors (Lipinski definition) is 2. The van der Waals surface area contributed by atoms with Gasteiger partial charge in [-0.1, -0.05) is 12.5 Å². The van der Waals surface area contributed by atoms with Crippen molar-refractivity contribution in [1.82, 2.24) is 0 Å². The maximum Gasteiger partial charge on any atom is 0.348 e. The van der Waals surface area contributed by atoms with Gasteiger partial charge in [-0.25, -0.2) is 4.79 Å². The molecule has 0 amide bonds. The lowest BCUT2D eigenvalue weighted by atomic mass is 9.84. The Labute approximate surface area is 108 Å². The van der Waals surface area contributed by atoms with Crippen LogP contribution in [0.5, 0.6) is 5.75 Å². The highest BCUT2D eigenvalue weighted by atomic mass is 16.5. The van der Waals surface area contributed by atoms with Gasteiger partial charge >= 0.3 is 5.97 Å². The maximum absolute atomic E-state index is 11.5. The number of carbonyl (C=O) groups is 1. The van der Waals surface area contributed by atoms with Crippen LogP contribution in [0, 0.1) is 13.8 Å². The Hall–Kier alpha value is -1.51. The second kappa shape index (κ2) is 5.01. The molecule has 0 aliphatic heterocycles. The van der Waals surface area contributed by atoms with Crippen LogP contribution in [-0.2, 0) is 4.79 Å². The van der Waals surface area contributed by atoms with Gasteiger partial charge in [0.25, 0.3) is 0 Å². The third-order valence-corrected chi connectivity index (χ3v) is 3.56. The number of ether oxygens (including phenoxy) is 1. The highest BCUT2D eigenvalue weighted by Crippen LogP contribution is 2.34. The molecule has 0 bridgehead atoms. The van der Waals surface area contributed by atoms with Crippen molar-refractivity contribution in [2.45, 2.75) is 51.6 Å². The van der Waals surface area contributed by atoms with E-state index in [2.05, 4.69) is 6.07 Å². The molecule has 1 aliphatic rings. The minimum absolute atomic E-state index is 0.606. The van der Waals surface area contributed by atoms with E-state index in [-0.39, 0.29) is 0 Å². The molecule has 1 aromatic carbocycles. The largest absolute Gasteiger partial charge is 0.478 e. The van der Waals surface area contributed by atoms with Crippen LogP contribution in [-0.4, -0.2) is 16.7 Å². The molecule has 98 valence electrons. The average molecular weight is 248 g/mol. The SMILES string of the molecule is Cc1cc(C)cc(OC2(C(=O)O)CCCCC2)c1. The Morgan fingerprint density at radius 3 is 2.17 bits per heavy atom. The van der Waals surface area contributed by atoms with Gasteiger partial charge in [0, 0.05) is 0 Å². The topological polar surface area (TPSA) is 46.5 Å². The Morgan fingerprint density at radius 2 is 1.67 bits per heavy atom. The van der Waals surface area contributed by atoms with Crippen molar-refractivity contribution >= 4 is 5.97 Å². The number of carboxylic acid groups (broad SMARTS) is 1. The van der Waals surface area contributed by atoms with Crippen LogP contribution < -0.4 is 4.74 Å². The zero-order chi connectivity index (χ0) is 13.2. The fourth-order valence-electron chi connectivity index (χ4n) is 2.70. The molecule has 0 atom stereocenters. The molecule has 0 radical (unpaired) electrons. The molecule has 3 nitrogen and oxygen atoms in total. The molecule has 2 rings (SSSR count). The van der Waals surface area contributed by atoms with Crippen molar-refractivity contribution in [1.29, 1.82) is 0 Å². The summed E-state index contributed by atoms with van der Waals surface area (Å²) in [6.45, 7) is 3.99. The number of carboxylic acids is 1. The van der Waals surface area contributed by atoms with Crippen LogP contribution in [0.15, 0.2) is 18.2 Å². The molecule has 1 fully saturated rings. The van der Waals surface area contributed by atoms with Gasteiger partial charge < -0.3 is 9.84 Å². The molecule has 0 unspecified atom stereocenters. The normalized spacial score (nSPS) is 18.3. The van der Waals surface area contributed by atoms with E-state index >= 15 is 0 Å². The minimum atomic E-state index is -1.02. The molecule has 18 heavy (non-hydrogen) atoms. The highest BCUT2D eigenvalue weighted by molar-refractivity contribution is 5.78. The molecule has 1 aromatic rings. The number of hydrogen-bond donors (Lipinski definition) is 1. The molecule has 3 heteroatoms. The van der Waals surface area contributed by atoms with Crippen LogP contribution in [0.2, 0.25) is 0 Å². The van der Waals surface area contributed by atoms with Crippen LogP contribution in [0.3, 0.4) is 0 Å². The van der Waals surface area contributed by atoms with E-state index < -0.39 is 11.6 Å². The van der Waals surface area contributed by atoms with E-state index in [0.29, 0.717) is 18.6 Å². The molecule has 0 spiro atoms. The van der Waals surface area contributed by atoms with Crippen molar-refractivity contribution in [3.05, 3.63) is 29.3 Å². The van der Waals surface area contributed by atoms with Gasteiger partial charge in [0.2, 0.25) is 5.60 Å². The van der Waals surface area contributed by atoms with E-state index in [1.54, 1.807) is 0 Å². The van der Waals surface area contributed by atoms with Crippen molar-refractivity contribution in [2.24, 2.45) is 0 Å². The van der Waals surface area contributed by atoms with Gasteiger partial charge in [-0.2, -0.15) is 0 Å². The van der Waals surface area contributed by atoms with Gasteiger partial charge in [-0.15, -0.1) is 0 Å². The first-order valence-electron chi connectivity index (χ1n) is 6.53. The zero-order valence-corrected chi connectivity index (χ0v) is 11.0. The van der Waals surface area contributed by atoms with Crippen LogP contribution in [0.25, 0.3) is 0 Å². The lowest BCUT2D eigenvalue weighted by Gasteiger charge is -2.33. The number of aliphatic carboxylic acids is 1. The molecule has 0 heterocycles. The summed E-state index contributed by atoms with van der Waals surface area (Å²) in [7, 11) is 0. The predicted molar refractivity (Wildman–Crippen MR) is 70.0 cm³/mol. The smallest absolute Gasteiger partial charge is 0.348 e. The first-order chi connectivity index (χ1) is 8.52. The third kappa shape index (κ3) is 2.66. The van der Waals surface area contributed by atoms with E-state index in [1.807, 2.05) is 26.0 Å².